The van der Waals surface area contributed by atoms with Crippen molar-refractivity contribution in [2.75, 3.05) is 18.0 Å². The molecule has 100 valence electrons. The maximum Gasteiger partial charge on any atom is 0.133 e. The van der Waals surface area contributed by atoms with Gasteiger partial charge in [0.25, 0.3) is 0 Å². The number of pyridine rings is 1. The predicted octanol–water partition coefficient (Wildman–Crippen LogP) is 3.53. The quantitative estimate of drug-likeness (QED) is 0.908. The van der Waals surface area contributed by atoms with Crippen LogP contribution in [0.25, 0.3) is 0 Å². The lowest BCUT2D eigenvalue weighted by atomic mass is 10.1. The number of nitrogens with two attached hydrogens (primary N) is 1. The Kier molecular flexibility index (Phi) is 4.77. The second-order valence-electron chi connectivity index (χ2n) is 4.41. The van der Waals surface area contributed by atoms with Gasteiger partial charge in [0.05, 0.1) is 5.02 Å². The summed E-state index contributed by atoms with van der Waals surface area (Å²) >= 11 is 5.90. The van der Waals surface area contributed by atoms with Crippen molar-refractivity contribution in [1.29, 1.82) is 0 Å². The normalized spacial score (nSPS) is 10.5. The van der Waals surface area contributed by atoms with Crippen LogP contribution in [0.15, 0.2) is 42.6 Å². The lowest BCUT2D eigenvalue weighted by molar-refractivity contribution is 0.808. The van der Waals surface area contributed by atoms with E-state index in [0.717, 1.165) is 24.5 Å². The Morgan fingerprint density at radius 3 is 2.63 bits per heavy atom. The van der Waals surface area contributed by atoms with Gasteiger partial charge in [-0.15, -0.1) is 0 Å². The predicted molar refractivity (Wildman–Crippen MR) is 81.1 cm³/mol. The number of aromatic nitrogens is 1. The lowest BCUT2D eigenvalue weighted by Gasteiger charge is -2.25. The van der Waals surface area contributed by atoms with Crippen LogP contribution in [0.1, 0.15) is 12.0 Å². The van der Waals surface area contributed by atoms with Gasteiger partial charge in [-0.2, -0.15) is 0 Å². The molecular weight excluding hydrogens is 258 g/mol. The summed E-state index contributed by atoms with van der Waals surface area (Å²) in [6, 6.07) is 12.1. The van der Waals surface area contributed by atoms with Crippen molar-refractivity contribution in [3.8, 4) is 0 Å². The van der Waals surface area contributed by atoms with Crippen molar-refractivity contribution < 1.29 is 0 Å². The fraction of sp³-hybridized carbons (Fsp3) is 0.267. The Labute approximate surface area is 119 Å². The van der Waals surface area contributed by atoms with Gasteiger partial charge in [-0.25, -0.2) is 4.98 Å². The molecule has 0 radical (unpaired) electrons. The zero-order valence-corrected chi connectivity index (χ0v) is 11.8. The molecule has 0 saturated heterocycles. The molecule has 19 heavy (non-hydrogen) atoms. The van der Waals surface area contributed by atoms with E-state index >= 15 is 0 Å². The number of hydrogen-bond donors (Lipinski definition) is 1. The number of anilines is 2. The second-order valence-corrected chi connectivity index (χ2v) is 4.85. The molecule has 1 aromatic heterocycles. The van der Waals surface area contributed by atoms with E-state index in [2.05, 4.69) is 28.9 Å². The standard InChI is InChI=1S/C15H18ClN3/c1-12-5-2-3-6-14(12)19(10-4-9-17)15-8-7-13(16)11-18-15/h2-3,5-8,11H,4,9-10,17H2,1H3. The van der Waals surface area contributed by atoms with E-state index in [1.165, 1.54) is 5.56 Å². The summed E-state index contributed by atoms with van der Waals surface area (Å²) in [5.74, 6) is 0.896. The van der Waals surface area contributed by atoms with Gasteiger partial charge in [-0.3, -0.25) is 0 Å². The van der Waals surface area contributed by atoms with Crippen LogP contribution in [0.3, 0.4) is 0 Å². The summed E-state index contributed by atoms with van der Waals surface area (Å²) in [5, 5.41) is 0.646. The van der Waals surface area contributed by atoms with Gasteiger partial charge in [0, 0.05) is 18.4 Å². The first kappa shape index (κ1) is 13.8. The maximum absolute atomic E-state index is 5.90. The monoisotopic (exact) mass is 275 g/mol. The second kappa shape index (κ2) is 6.55. The molecule has 4 heteroatoms. The molecule has 2 N–H and O–H groups in total. The first-order chi connectivity index (χ1) is 9.22. The summed E-state index contributed by atoms with van der Waals surface area (Å²) in [6.45, 7) is 3.60. The van der Waals surface area contributed by atoms with E-state index in [9.17, 15) is 0 Å². The highest BCUT2D eigenvalue weighted by Crippen LogP contribution is 2.27. The fourth-order valence-corrected chi connectivity index (χ4v) is 2.11. The van der Waals surface area contributed by atoms with Gasteiger partial charge < -0.3 is 10.6 Å². The van der Waals surface area contributed by atoms with Crippen LogP contribution in [0.4, 0.5) is 11.5 Å². The molecule has 0 saturated carbocycles. The van der Waals surface area contributed by atoms with Crippen LogP contribution < -0.4 is 10.6 Å². The Bertz CT molecular complexity index is 525. The molecule has 0 aliphatic carbocycles. The van der Waals surface area contributed by atoms with Crippen LogP contribution in [0, 0.1) is 6.92 Å². The van der Waals surface area contributed by atoms with Crippen molar-refractivity contribution >= 4 is 23.1 Å². The molecule has 0 bridgehead atoms. The zero-order chi connectivity index (χ0) is 13.7. The third-order valence-electron chi connectivity index (χ3n) is 2.98. The van der Waals surface area contributed by atoms with Gasteiger partial charge in [-0.05, 0) is 43.7 Å². The van der Waals surface area contributed by atoms with Crippen LogP contribution in [-0.2, 0) is 0 Å². The Morgan fingerprint density at radius 2 is 2.00 bits per heavy atom. The van der Waals surface area contributed by atoms with E-state index in [1.54, 1.807) is 6.20 Å². The first-order valence-electron chi connectivity index (χ1n) is 6.37. The van der Waals surface area contributed by atoms with E-state index in [1.807, 2.05) is 24.3 Å². The maximum atomic E-state index is 5.90. The summed E-state index contributed by atoms with van der Waals surface area (Å²) in [7, 11) is 0. The summed E-state index contributed by atoms with van der Waals surface area (Å²) < 4.78 is 0. The van der Waals surface area contributed by atoms with Gasteiger partial charge in [0.15, 0.2) is 0 Å². The molecular formula is C15H18ClN3. The minimum atomic E-state index is 0.646. The summed E-state index contributed by atoms with van der Waals surface area (Å²) in [4.78, 5) is 6.58. The van der Waals surface area contributed by atoms with Crippen molar-refractivity contribution in [1.82, 2.24) is 4.98 Å². The third kappa shape index (κ3) is 3.46. The molecule has 0 aliphatic heterocycles. The smallest absolute Gasteiger partial charge is 0.133 e. The molecule has 0 atom stereocenters. The SMILES string of the molecule is Cc1ccccc1N(CCCN)c1ccc(Cl)cn1. The third-order valence-corrected chi connectivity index (χ3v) is 3.20. The van der Waals surface area contributed by atoms with Gasteiger partial charge >= 0.3 is 0 Å². The van der Waals surface area contributed by atoms with Crippen molar-refractivity contribution in [2.24, 2.45) is 5.73 Å². The number of nitrogens with zero attached hydrogens (tertiary/aromatic N) is 2. The van der Waals surface area contributed by atoms with Crippen LogP contribution in [0.5, 0.6) is 0 Å². The topological polar surface area (TPSA) is 42.1 Å². The van der Waals surface area contributed by atoms with Crippen molar-refractivity contribution in [3.05, 3.63) is 53.2 Å². The zero-order valence-electron chi connectivity index (χ0n) is 11.0. The molecule has 0 fully saturated rings. The number of rotatable bonds is 5. The first-order valence-corrected chi connectivity index (χ1v) is 6.75. The number of para-hydroxylation sites is 1. The molecule has 2 aromatic rings. The molecule has 0 spiro atoms. The van der Waals surface area contributed by atoms with E-state index in [-0.39, 0.29) is 0 Å². The molecule has 3 nitrogen and oxygen atoms in total. The van der Waals surface area contributed by atoms with Gasteiger partial charge in [0.1, 0.15) is 5.82 Å². The summed E-state index contributed by atoms with van der Waals surface area (Å²) in [6.07, 6.45) is 2.59. The Morgan fingerprint density at radius 1 is 1.21 bits per heavy atom. The number of halogens is 1. The van der Waals surface area contributed by atoms with E-state index in [0.29, 0.717) is 11.6 Å². The minimum Gasteiger partial charge on any atom is -0.330 e. The van der Waals surface area contributed by atoms with E-state index in [4.69, 9.17) is 17.3 Å². The van der Waals surface area contributed by atoms with Crippen molar-refractivity contribution in [3.63, 3.8) is 0 Å². The number of aryl methyl sites for hydroxylation is 1. The van der Waals surface area contributed by atoms with E-state index < -0.39 is 0 Å². The Balaban J connectivity index is 2.35. The highest BCUT2D eigenvalue weighted by Gasteiger charge is 2.11. The van der Waals surface area contributed by atoms with Crippen LogP contribution in [0.2, 0.25) is 5.02 Å². The molecule has 0 aliphatic rings. The van der Waals surface area contributed by atoms with Crippen molar-refractivity contribution in [2.45, 2.75) is 13.3 Å². The highest BCUT2D eigenvalue weighted by atomic mass is 35.5. The Hall–Kier alpha value is -1.58. The molecule has 0 amide bonds. The molecule has 0 unspecified atom stereocenters. The van der Waals surface area contributed by atoms with Gasteiger partial charge in [-0.1, -0.05) is 29.8 Å². The average Bonchev–Trinajstić information content (AvgIpc) is 2.43. The average molecular weight is 276 g/mol. The number of hydrogen-bond acceptors (Lipinski definition) is 3. The van der Waals surface area contributed by atoms with Crippen LogP contribution in [-0.4, -0.2) is 18.1 Å². The fourth-order valence-electron chi connectivity index (χ4n) is 2.00. The lowest BCUT2D eigenvalue weighted by Crippen LogP contribution is -2.22. The molecule has 1 heterocycles. The number of benzene rings is 1. The largest absolute Gasteiger partial charge is 0.330 e. The minimum absolute atomic E-state index is 0.646. The van der Waals surface area contributed by atoms with Crippen LogP contribution >= 0.6 is 11.6 Å². The highest BCUT2D eigenvalue weighted by molar-refractivity contribution is 6.30. The molecule has 1 aromatic carbocycles. The summed E-state index contributed by atoms with van der Waals surface area (Å²) in [5.41, 5.74) is 8.00. The molecule has 2 rings (SSSR count). The van der Waals surface area contributed by atoms with Gasteiger partial charge in [0.2, 0.25) is 0 Å².